The molecule has 0 aliphatic rings. The highest BCUT2D eigenvalue weighted by Crippen LogP contribution is 2.16. The molecule has 0 radical (unpaired) electrons. The van der Waals surface area contributed by atoms with E-state index in [1.807, 2.05) is 0 Å². The van der Waals surface area contributed by atoms with Crippen molar-refractivity contribution in [1.82, 2.24) is 9.36 Å². The Balaban J connectivity index is 2.80. The van der Waals surface area contributed by atoms with Gasteiger partial charge in [-0.2, -0.15) is 0 Å². The van der Waals surface area contributed by atoms with Crippen molar-refractivity contribution in [1.29, 1.82) is 0 Å². The first kappa shape index (κ1) is 11.1. The van der Waals surface area contributed by atoms with Crippen molar-refractivity contribution in [3.8, 4) is 5.69 Å². The first-order valence-corrected chi connectivity index (χ1v) is 5.52. The minimum absolute atomic E-state index is 0.254. The van der Waals surface area contributed by atoms with Crippen molar-refractivity contribution in [3.63, 3.8) is 0 Å². The van der Waals surface area contributed by atoms with Gasteiger partial charge in [0.25, 0.3) is 5.56 Å². The molecular formula is C11H10BrFN2O. The van der Waals surface area contributed by atoms with E-state index >= 15 is 0 Å². The summed E-state index contributed by atoms with van der Waals surface area (Å²) in [6.07, 6.45) is 0. The molecule has 0 N–H and O–H groups in total. The van der Waals surface area contributed by atoms with E-state index in [1.54, 1.807) is 36.9 Å². The molecule has 0 atom stereocenters. The van der Waals surface area contributed by atoms with Crippen LogP contribution in [0.2, 0.25) is 0 Å². The third-order valence-corrected chi connectivity index (χ3v) is 3.48. The lowest BCUT2D eigenvalue weighted by Gasteiger charge is -2.08. The largest absolute Gasteiger partial charge is 0.286 e. The molecule has 0 unspecified atom stereocenters. The lowest BCUT2D eigenvalue weighted by atomic mass is 10.3. The van der Waals surface area contributed by atoms with Gasteiger partial charge in [-0.1, -0.05) is 12.1 Å². The molecule has 0 saturated carbocycles. The Morgan fingerprint density at radius 2 is 1.94 bits per heavy atom. The quantitative estimate of drug-likeness (QED) is 0.790. The predicted octanol–water partition coefficient (Wildman–Crippen LogP) is 2.39. The van der Waals surface area contributed by atoms with E-state index in [1.165, 1.54) is 10.7 Å². The topological polar surface area (TPSA) is 26.9 Å². The molecule has 0 fully saturated rings. The Kier molecular flexibility index (Phi) is 2.71. The minimum Gasteiger partial charge on any atom is -0.284 e. The molecule has 84 valence electrons. The molecule has 16 heavy (non-hydrogen) atoms. The average molecular weight is 285 g/mol. The van der Waals surface area contributed by atoms with E-state index in [-0.39, 0.29) is 11.2 Å². The van der Waals surface area contributed by atoms with Crippen LogP contribution in [0.25, 0.3) is 5.69 Å². The number of aromatic nitrogens is 2. The summed E-state index contributed by atoms with van der Waals surface area (Å²) in [7, 11) is 1.72. The highest BCUT2D eigenvalue weighted by atomic mass is 79.9. The minimum atomic E-state index is -0.419. The maximum atomic E-state index is 13.6. The molecule has 2 rings (SSSR count). The number of hydrogen-bond donors (Lipinski definition) is 0. The molecule has 0 amide bonds. The van der Waals surface area contributed by atoms with Gasteiger partial charge in [-0.25, -0.2) is 9.07 Å². The monoisotopic (exact) mass is 284 g/mol. The normalized spacial score (nSPS) is 10.8. The summed E-state index contributed by atoms with van der Waals surface area (Å²) in [5, 5.41) is 0. The van der Waals surface area contributed by atoms with Crippen LogP contribution < -0.4 is 5.56 Å². The van der Waals surface area contributed by atoms with Crippen LogP contribution in [0.4, 0.5) is 4.39 Å². The van der Waals surface area contributed by atoms with Crippen LogP contribution in [-0.2, 0) is 7.05 Å². The first-order chi connectivity index (χ1) is 7.54. The zero-order valence-electron chi connectivity index (χ0n) is 8.87. The van der Waals surface area contributed by atoms with Gasteiger partial charge in [-0.05, 0) is 35.0 Å². The van der Waals surface area contributed by atoms with Gasteiger partial charge in [0.05, 0.1) is 5.69 Å². The molecule has 0 spiro atoms. The summed E-state index contributed by atoms with van der Waals surface area (Å²) in [6.45, 7) is 1.79. The van der Waals surface area contributed by atoms with E-state index in [0.717, 1.165) is 5.69 Å². The summed E-state index contributed by atoms with van der Waals surface area (Å²) in [4.78, 5) is 11.9. The smallest absolute Gasteiger partial charge is 0.284 e. The fraction of sp³-hybridized carbons (Fsp3) is 0.182. The molecule has 1 aromatic carbocycles. The predicted molar refractivity (Wildman–Crippen MR) is 63.4 cm³/mol. The second kappa shape index (κ2) is 3.90. The standard InChI is InChI=1S/C11H10BrFN2O/c1-7-10(12)11(16)15(14(7)2)9-6-4-3-5-8(9)13/h3-6H,1-2H3. The lowest BCUT2D eigenvalue weighted by Crippen LogP contribution is -2.20. The van der Waals surface area contributed by atoms with Gasteiger partial charge in [0.2, 0.25) is 0 Å². The van der Waals surface area contributed by atoms with Crippen LogP contribution >= 0.6 is 15.9 Å². The van der Waals surface area contributed by atoms with Gasteiger partial charge >= 0.3 is 0 Å². The maximum Gasteiger partial charge on any atom is 0.286 e. The summed E-state index contributed by atoms with van der Waals surface area (Å²) in [6, 6.07) is 6.19. The second-order valence-electron chi connectivity index (χ2n) is 3.49. The van der Waals surface area contributed by atoms with Crippen LogP contribution in [0.3, 0.4) is 0 Å². The van der Waals surface area contributed by atoms with Gasteiger partial charge in [-0.15, -0.1) is 0 Å². The third-order valence-electron chi connectivity index (χ3n) is 2.56. The zero-order chi connectivity index (χ0) is 11.9. The molecule has 5 heteroatoms. The highest BCUT2D eigenvalue weighted by molar-refractivity contribution is 9.10. The zero-order valence-corrected chi connectivity index (χ0v) is 10.5. The fourth-order valence-corrected chi connectivity index (χ4v) is 2.00. The van der Waals surface area contributed by atoms with Gasteiger partial charge in [0, 0.05) is 7.05 Å². The summed E-state index contributed by atoms with van der Waals surface area (Å²) in [5.74, 6) is -0.419. The molecule has 0 aliphatic carbocycles. The third kappa shape index (κ3) is 1.51. The molecule has 0 bridgehead atoms. The van der Waals surface area contributed by atoms with E-state index in [0.29, 0.717) is 4.47 Å². The molecule has 0 saturated heterocycles. The fourth-order valence-electron chi connectivity index (χ4n) is 1.57. The first-order valence-electron chi connectivity index (χ1n) is 4.73. The number of benzene rings is 1. The summed E-state index contributed by atoms with van der Waals surface area (Å²) >= 11 is 3.20. The van der Waals surface area contributed by atoms with Crippen molar-refractivity contribution in [2.24, 2.45) is 7.05 Å². The molecule has 3 nitrogen and oxygen atoms in total. The maximum absolute atomic E-state index is 13.6. The number of halogens is 2. The van der Waals surface area contributed by atoms with Crippen LogP contribution in [0, 0.1) is 12.7 Å². The van der Waals surface area contributed by atoms with Crippen LogP contribution in [0.5, 0.6) is 0 Å². The Bertz CT molecular complexity index is 601. The van der Waals surface area contributed by atoms with Crippen molar-refractivity contribution in [2.45, 2.75) is 6.92 Å². The van der Waals surface area contributed by atoms with Crippen molar-refractivity contribution < 1.29 is 4.39 Å². The Morgan fingerprint density at radius 3 is 2.44 bits per heavy atom. The Morgan fingerprint density at radius 1 is 1.31 bits per heavy atom. The van der Waals surface area contributed by atoms with E-state index in [9.17, 15) is 9.18 Å². The van der Waals surface area contributed by atoms with Gasteiger partial charge in [0.15, 0.2) is 0 Å². The number of nitrogens with zero attached hydrogens (tertiary/aromatic N) is 2. The Hall–Kier alpha value is -1.36. The molecule has 0 aliphatic heterocycles. The Labute approximate surface area is 100 Å². The highest BCUT2D eigenvalue weighted by Gasteiger charge is 2.15. The molecule has 1 heterocycles. The number of rotatable bonds is 1. The van der Waals surface area contributed by atoms with E-state index in [4.69, 9.17) is 0 Å². The summed E-state index contributed by atoms with van der Waals surface area (Å²) < 4.78 is 17.0. The van der Waals surface area contributed by atoms with Crippen LogP contribution in [0.1, 0.15) is 5.69 Å². The number of para-hydroxylation sites is 1. The molecule has 2 aromatic rings. The van der Waals surface area contributed by atoms with E-state index < -0.39 is 5.82 Å². The molecular weight excluding hydrogens is 275 g/mol. The SMILES string of the molecule is Cc1c(Br)c(=O)n(-c2ccccc2F)n1C. The van der Waals surface area contributed by atoms with Gasteiger partial charge in [-0.3, -0.25) is 9.48 Å². The van der Waals surface area contributed by atoms with Crippen molar-refractivity contribution >= 4 is 15.9 Å². The number of hydrogen-bond acceptors (Lipinski definition) is 1. The average Bonchev–Trinajstić information content (AvgIpc) is 2.45. The van der Waals surface area contributed by atoms with Gasteiger partial charge < -0.3 is 0 Å². The lowest BCUT2D eigenvalue weighted by molar-refractivity contribution is 0.570. The van der Waals surface area contributed by atoms with Gasteiger partial charge in [0.1, 0.15) is 16.0 Å². The van der Waals surface area contributed by atoms with Crippen LogP contribution in [-0.4, -0.2) is 9.36 Å². The molecule has 1 aromatic heterocycles. The second-order valence-corrected chi connectivity index (χ2v) is 4.28. The summed E-state index contributed by atoms with van der Waals surface area (Å²) in [5.41, 5.74) is 0.752. The van der Waals surface area contributed by atoms with Crippen molar-refractivity contribution in [2.75, 3.05) is 0 Å². The van der Waals surface area contributed by atoms with Crippen molar-refractivity contribution in [3.05, 3.63) is 50.6 Å². The van der Waals surface area contributed by atoms with Crippen LogP contribution in [0.15, 0.2) is 33.5 Å². The van der Waals surface area contributed by atoms with E-state index in [2.05, 4.69) is 15.9 Å².